The van der Waals surface area contributed by atoms with Crippen LogP contribution in [0, 0.1) is 6.26 Å². The van der Waals surface area contributed by atoms with Crippen LogP contribution in [0.4, 0.5) is 0 Å². The molecule has 0 bridgehead atoms. The van der Waals surface area contributed by atoms with Crippen molar-refractivity contribution in [1.29, 1.82) is 0 Å². The second-order valence-corrected chi connectivity index (χ2v) is 1.18. The maximum Gasteiger partial charge on any atom is 0.0951 e. The number of hydrogen-bond acceptors (Lipinski definition) is 2. The molecule has 0 amide bonds. The lowest BCUT2D eigenvalue weighted by atomic mass is 11.9. The van der Waals surface area contributed by atoms with Crippen LogP contribution in [0.2, 0.25) is 0 Å². The molecule has 0 atom stereocenters. The molecule has 22 valence electrons. The second kappa shape index (κ2) is 3.44. The van der Waals surface area contributed by atoms with E-state index < -0.39 is 0 Å². The van der Waals surface area contributed by atoms with Gasteiger partial charge in [-0.15, -0.1) is 11.8 Å². The zero-order chi connectivity index (χ0) is 3.41. The Morgan fingerprint density at radius 2 is 2.25 bits per heavy atom. The number of hydrogen-bond donors (Lipinski definition) is 0. The zero-order valence-electron chi connectivity index (χ0n) is 2.02. The van der Waals surface area contributed by atoms with Crippen molar-refractivity contribution in [3.05, 3.63) is 6.26 Å². The van der Waals surface area contributed by atoms with Crippen LogP contribution in [0.1, 0.15) is 0 Å². The topological polar surface area (TPSA) is 0 Å². The van der Waals surface area contributed by atoms with Gasteiger partial charge in [0.05, 0.1) is 4.70 Å². The highest BCUT2D eigenvalue weighted by atomic mass is 32.2. The summed E-state index contributed by atoms with van der Waals surface area (Å²) in [5.74, 6) is 0. The molecule has 0 saturated carbocycles. The lowest BCUT2D eigenvalue weighted by Gasteiger charge is -1.53. The maximum atomic E-state index is 4.20. The molecular formula is C2H2S2. The van der Waals surface area contributed by atoms with E-state index in [-0.39, 0.29) is 0 Å². The fourth-order valence-corrected chi connectivity index (χ4v) is 0. The Kier molecular flexibility index (Phi) is 3.82. The van der Waals surface area contributed by atoms with Crippen molar-refractivity contribution >= 4 is 28.7 Å². The molecule has 4 heavy (non-hydrogen) atoms. The highest BCUT2D eigenvalue weighted by Gasteiger charge is 1.49. The third-order valence-electron chi connectivity index (χ3n) is 0.0589. The van der Waals surface area contributed by atoms with Crippen molar-refractivity contribution in [3.8, 4) is 0 Å². The highest BCUT2D eigenvalue weighted by Crippen LogP contribution is 1.82. The molecule has 0 N–H and O–H groups in total. The van der Waals surface area contributed by atoms with E-state index in [4.69, 9.17) is 0 Å². The summed E-state index contributed by atoms with van der Waals surface area (Å²) in [7, 11) is 0. The molecule has 0 aliphatic rings. The number of thioether (sulfide) groups is 1. The van der Waals surface area contributed by atoms with Crippen LogP contribution in [0.25, 0.3) is 0 Å². The summed E-state index contributed by atoms with van der Waals surface area (Å²) in [4.78, 5) is 0. The minimum Gasteiger partial charge on any atom is -0.112 e. The Hall–Kier alpha value is 0.440. The first-order chi connectivity index (χ1) is 1.91. The van der Waals surface area contributed by atoms with Crippen LogP contribution in [-0.4, -0.2) is 4.70 Å². The summed E-state index contributed by atoms with van der Waals surface area (Å²) >= 11 is 5.38. The Morgan fingerprint density at radius 1 is 2.00 bits per heavy atom. The van der Waals surface area contributed by atoms with Gasteiger partial charge in [0.2, 0.25) is 0 Å². The van der Waals surface area contributed by atoms with Gasteiger partial charge in [0.1, 0.15) is 0 Å². The third kappa shape index (κ3) is 2.44. The van der Waals surface area contributed by atoms with Gasteiger partial charge in [0.25, 0.3) is 0 Å². The van der Waals surface area contributed by atoms with Crippen molar-refractivity contribution < 1.29 is 0 Å². The largest absolute Gasteiger partial charge is 0.112 e. The van der Waals surface area contributed by atoms with Crippen molar-refractivity contribution in [2.24, 2.45) is 0 Å². The lowest BCUT2D eigenvalue weighted by molar-refractivity contribution is 3.00. The van der Waals surface area contributed by atoms with E-state index in [0.29, 0.717) is 0 Å². The van der Waals surface area contributed by atoms with Gasteiger partial charge in [-0.1, -0.05) is 12.2 Å². The van der Waals surface area contributed by atoms with Gasteiger partial charge in [0, 0.05) is 6.26 Å². The summed E-state index contributed by atoms with van der Waals surface area (Å²) in [6, 6.07) is 0. The van der Waals surface area contributed by atoms with E-state index in [2.05, 4.69) is 23.2 Å². The summed E-state index contributed by atoms with van der Waals surface area (Å²) in [6.45, 7) is 0. The van der Waals surface area contributed by atoms with Gasteiger partial charge < -0.3 is 0 Å². The van der Waals surface area contributed by atoms with Gasteiger partial charge in [0.15, 0.2) is 0 Å². The summed E-state index contributed by atoms with van der Waals surface area (Å²) in [5.41, 5.74) is 0. The Bertz CT molecular complexity index is 18.0. The quantitative estimate of drug-likeness (QED) is 0.446. The highest BCUT2D eigenvalue weighted by molar-refractivity contribution is 8.21. The van der Waals surface area contributed by atoms with Gasteiger partial charge in [-0.3, -0.25) is 0 Å². The molecule has 2 radical (unpaired) electrons. The van der Waals surface area contributed by atoms with Gasteiger partial charge in [-0.05, 0) is 0 Å². The van der Waals surface area contributed by atoms with Crippen LogP contribution in [0.15, 0.2) is 0 Å². The fourth-order valence-electron chi connectivity index (χ4n) is 0. The first-order valence-electron chi connectivity index (χ1n) is 0.697. The molecule has 0 aromatic rings. The minimum atomic E-state index is 1.17. The van der Waals surface area contributed by atoms with Crippen LogP contribution >= 0.6 is 24.0 Å². The lowest BCUT2D eigenvalue weighted by Crippen LogP contribution is -1.32. The smallest absolute Gasteiger partial charge is 0.0951 e. The normalized spacial score (nSPS) is 6.25. The van der Waals surface area contributed by atoms with Gasteiger partial charge in [-0.25, -0.2) is 0 Å². The Labute approximate surface area is 35.6 Å². The second-order valence-electron chi connectivity index (χ2n) is 0.228. The SMILES string of the molecule is [CH2]S[C]=S. The Balaban J connectivity index is 2.30. The van der Waals surface area contributed by atoms with E-state index in [1.165, 1.54) is 11.8 Å². The molecule has 0 aliphatic carbocycles. The van der Waals surface area contributed by atoms with E-state index in [9.17, 15) is 0 Å². The molecule has 0 unspecified atom stereocenters. The van der Waals surface area contributed by atoms with E-state index in [1.807, 2.05) is 0 Å². The molecule has 0 aliphatic heterocycles. The number of thiocarbonyl (C=S) groups is 1. The standard InChI is InChI=1S/C2H2S2/c1-4-2-3/h1H2. The zero-order valence-corrected chi connectivity index (χ0v) is 3.66. The predicted octanol–water partition coefficient (Wildman–Crippen LogP) is 1.35. The van der Waals surface area contributed by atoms with Crippen LogP contribution in [-0.2, 0) is 0 Å². The van der Waals surface area contributed by atoms with Crippen molar-refractivity contribution in [2.45, 2.75) is 0 Å². The molecule has 0 aromatic carbocycles. The maximum absolute atomic E-state index is 4.20. The van der Waals surface area contributed by atoms with Gasteiger partial charge in [-0.2, -0.15) is 0 Å². The summed E-state index contributed by atoms with van der Waals surface area (Å²) in [6.07, 6.45) is 3.31. The molecule has 0 rings (SSSR count). The van der Waals surface area contributed by atoms with E-state index in [0.717, 1.165) is 0 Å². The molecule has 2 heteroatoms. The molecule has 0 fully saturated rings. The van der Waals surface area contributed by atoms with Gasteiger partial charge >= 0.3 is 0 Å². The summed E-state index contributed by atoms with van der Waals surface area (Å²) in [5, 5.41) is 0. The van der Waals surface area contributed by atoms with Crippen LogP contribution in [0.5, 0.6) is 0 Å². The van der Waals surface area contributed by atoms with Crippen LogP contribution in [0.3, 0.4) is 0 Å². The monoisotopic (exact) mass is 90.0 g/mol. The number of rotatable bonds is 1. The molecule has 0 spiro atoms. The third-order valence-corrected chi connectivity index (χ3v) is 0.530. The molecule has 0 saturated heterocycles. The van der Waals surface area contributed by atoms with E-state index >= 15 is 0 Å². The van der Waals surface area contributed by atoms with Crippen molar-refractivity contribution in [2.75, 3.05) is 0 Å². The van der Waals surface area contributed by atoms with Crippen molar-refractivity contribution in [1.82, 2.24) is 0 Å². The first kappa shape index (κ1) is 4.44. The average molecular weight is 90.2 g/mol. The Morgan fingerprint density at radius 3 is 2.25 bits per heavy atom. The first-order valence-corrected chi connectivity index (χ1v) is 2.09. The average Bonchev–Trinajstić information content (AvgIpc) is 1.37. The fraction of sp³-hybridized carbons (Fsp3) is 0. The molecule has 0 nitrogen and oxygen atoms in total. The van der Waals surface area contributed by atoms with Crippen LogP contribution < -0.4 is 0 Å². The molecule has 0 heterocycles. The summed E-state index contributed by atoms with van der Waals surface area (Å²) < 4.78 is 2.32. The van der Waals surface area contributed by atoms with Crippen molar-refractivity contribution in [3.63, 3.8) is 0 Å². The predicted molar refractivity (Wildman–Crippen MR) is 25.5 cm³/mol. The minimum absolute atomic E-state index is 1.17. The molecular weight excluding hydrogens is 88.2 g/mol. The van der Waals surface area contributed by atoms with E-state index in [1.54, 1.807) is 0 Å². The molecule has 0 aromatic heterocycles.